The Morgan fingerprint density at radius 2 is 1.60 bits per heavy atom. The third-order valence-corrected chi connectivity index (χ3v) is 3.91. The Bertz CT molecular complexity index is 625. The molecule has 0 aliphatic carbocycles. The van der Waals surface area contributed by atoms with E-state index in [0.29, 0.717) is 12.4 Å². The Morgan fingerprint density at radius 1 is 0.920 bits per heavy atom. The first-order chi connectivity index (χ1) is 12.2. The third kappa shape index (κ3) is 6.98. The SMILES string of the molecule is CCCN(CC)CCOc1ccc(OC(=O)Cc2ccccc2)cc1. The highest BCUT2D eigenvalue weighted by atomic mass is 16.5. The molecule has 25 heavy (non-hydrogen) atoms. The first-order valence-electron chi connectivity index (χ1n) is 8.91. The largest absolute Gasteiger partial charge is 0.492 e. The quantitative estimate of drug-likeness (QED) is 0.484. The average molecular weight is 341 g/mol. The minimum atomic E-state index is -0.266. The lowest BCUT2D eigenvalue weighted by Crippen LogP contribution is -2.28. The number of carbonyl (C=O) groups excluding carboxylic acids is 1. The van der Waals surface area contributed by atoms with Gasteiger partial charge in [0.05, 0.1) is 6.42 Å². The van der Waals surface area contributed by atoms with E-state index in [1.165, 1.54) is 0 Å². The van der Waals surface area contributed by atoms with Crippen LogP contribution in [-0.4, -0.2) is 37.1 Å². The summed E-state index contributed by atoms with van der Waals surface area (Å²) in [7, 11) is 0. The van der Waals surface area contributed by atoms with Crippen LogP contribution in [0.2, 0.25) is 0 Å². The summed E-state index contributed by atoms with van der Waals surface area (Å²) in [5, 5.41) is 0. The van der Waals surface area contributed by atoms with Gasteiger partial charge in [-0.25, -0.2) is 0 Å². The fourth-order valence-electron chi connectivity index (χ4n) is 2.57. The van der Waals surface area contributed by atoms with Crippen molar-refractivity contribution in [1.82, 2.24) is 4.90 Å². The van der Waals surface area contributed by atoms with Crippen molar-refractivity contribution in [3.05, 3.63) is 60.2 Å². The normalized spacial score (nSPS) is 10.7. The van der Waals surface area contributed by atoms with Gasteiger partial charge in [-0.3, -0.25) is 4.79 Å². The highest BCUT2D eigenvalue weighted by Gasteiger charge is 2.07. The molecule has 134 valence electrons. The number of esters is 1. The molecule has 0 saturated heterocycles. The number of carbonyl (C=O) groups is 1. The van der Waals surface area contributed by atoms with Crippen LogP contribution >= 0.6 is 0 Å². The lowest BCUT2D eigenvalue weighted by molar-refractivity contribution is -0.133. The maximum Gasteiger partial charge on any atom is 0.315 e. The molecule has 4 nitrogen and oxygen atoms in total. The van der Waals surface area contributed by atoms with Gasteiger partial charge >= 0.3 is 5.97 Å². The van der Waals surface area contributed by atoms with Gasteiger partial charge in [-0.2, -0.15) is 0 Å². The van der Waals surface area contributed by atoms with Gasteiger partial charge in [-0.15, -0.1) is 0 Å². The molecule has 0 fully saturated rings. The highest BCUT2D eigenvalue weighted by Crippen LogP contribution is 2.18. The van der Waals surface area contributed by atoms with E-state index in [9.17, 15) is 4.79 Å². The van der Waals surface area contributed by atoms with Crippen LogP contribution in [0, 0.1) is 0 Å². The number of hydrogen-bond donors (Lipinski definition) is 0. The van der Waals surface area contributed by atoms with Crippen LogP contribution < -0.4 is 9.47 Å². The van der Waals surface area contributed by atoms with E-state index in [1.807, 2.05) is 42.5 Å². The van der Waals surface area contributed by atoms with Crippen LogP contribution in [0.1, 0.15) is 25.8 Å². The van der Waals surface area contributed by atoms with Gasteiger partial charge in [-0.1, -0.05) is 44.2 Å². The standard InChI is InChI=1S/C21H27NO3/c1-3-14-22(4-2)15-16-24-19-10-12-20(13-11-19)25-21(23)17-18-8-6-5-7-9-18/h5-13H,3-4,14-17H2,1-2H3. The van der Waals surface area contributed by atoms with E-state index in [-0.39, 0.29) is 12.4 Å². The highest BCUT2D eigenvalue weighted by molar-refractivity contribution is 5.75. The van der Waals surface area contributed by atoms with Crippen molar-refractivity contribution in [1.29, 1.82) is 0 Å². The Balaban J connectivity index is 1.76. The van der Waals surface area contributed by atoms with Crippen LogP contribution in [0.3, 0.4) is 0 Å². The van der Waals surface area contributed by atoms with Crippen molar-refractivity contribution >= 4 is 5.97 Å². The molecule has 0 spiro atoms. The van der Waals surface area contributed by atoms with Gasteiger partial charge in [0.1, 0.15) is 18.1 Å². The fourth-order valence-corrected chi connectivity index (χ4v) is 2.57. The van der Waals surface area contributed by atoms with E-state index in [4.69, 9.17) is 9.47 Å². The van der Waals surface area contributed by atoms with Crippen molar-refractivity contribution in [3.8, 4) is 11.5 Å². The van der Waals surface area contributed by atoms with E-state index in [1.54, 1.807) is 12.1 Å². The predicted octanol–water partition coefficient (Wildman–Crippen LogP) is 3.95. The first kappa shape index (κ1) is 19.0. The molecule has 2 rings (SSSR count). The lowest BCUT2D eigenvalue weighted by atomic mass is 10.2. The summed E-state index contributed by atoms with van der Waals surface area (Å²) in [5.74, 6) is 1.06. The predicted molar refractivity (Wildman–Crippen MR) is 100 cm³/mol. The Hall–Kier alpha value is -2.33. The molecule has 0 aromatic heterocycles. The summed E-state index contributed by atoms with van der Waals surface area (Å²) in [6, 6.07) is 16.8. The summed E-state index contributed by atoms with van der Waals surface area (Å²) in [6.07, 6.45) is 1.42. The van der Waals surface area contributed by atoms with Crippen molar-refractivity contribution in [2.24, 2.45) is 0 Å². The number of ether oxygens (including phenoxy) is 2. The second kappa shape index (κ2) is 10.5. The van der Waals surface area contributed by atoms with E-state index in [0.717, 1.165) is 37.4 Å². The van der Waals surface area contributed by atoms with Gasteiger partial charge < -0.3 is 14.4 Å². The maximum absolute atomic E-state index is 11.9. The van der Waals surface area contributed by atoms with E-state index in [2.05, 4.69) is 18.7 Å². The third-order valence-electron chi connectivity index (χ3n) is 3.91. The average Bonchev–Trinajstić information content (AvgIpc) is 2.63. The van der Waals surface area contributed by atoms with Crippen LogP contribution in [0.15, 0.2) is 54.6 Å². The molecule has 0 heterocycles. The molecule has 0 amide bonds. The number of nitrogens with zero attached hydrogens (tertiary/aromatic N) is 1. The molecular formula is C21H27NO3. The van der Waals surface area contributed by atoms with Crippen LogP contribution in [0.5, 0.6) is 11.5 Å². The smallest absolute Gasteiger partial charge is 0.315 e. The minimum Gasteiger partial charge on any atom is -0.492 e. The number of benzene rings is 2. The van der Waals surface area contributed by atoms with Crippen LogP contribution in [0.25, 0.3) is 0 Å². The molecule has 0 bridgehead atoms. The molecule has 0 saturated carbocycles. The Morgan fingerprint density at radius 3 is 2.24 bits per heavy atom. The molecule has 4 heteroatoms. The van der Waals surface area contributed by atoms with Gasteiger partial charge in [-0.05, 0) is 49.3 Å². The molecule has 0 aliphatic heterocycles. The van der Waals surface area contributed by atoms with Crippen LogP contribution in [-0.2, 0) is 11.2 Å². The van der Waals surface area contributed by atoms with Crippen molar-refractivity contribution in [2.45, 2.75) is 26.7 Å². The lowest BCUT2D eigenvalue weighted by Gasteiger charge is -2.19. The molecule has 0 unspecified atom stereocenters. The number of likely N-dealkylation sites (N-methyl/N-ethyl adjacent to an activating group) is 1. The summed E-state index contributed by atoms with van der Waals surface area (Å²) in [5.41, 5.74) is 0.944. The van der Waals surface area contributed by atoms with E-state index < -0.39 is 0 Å². The van der Waals surface area contributed by atoms with Gasteiger partial charge in [0.15, 0.2) is 0 Å². The maximum atomic E-state index is 11.9. The topological polar surface area (TPSA) is 38.8 Å². The summed E-state index contributed by atoms with van der Waals surface area (Å²) < 4.78 is 11.1. The first-order valence-corrected chi connectivity index (χ1v) is 8.91. The van der Waals surface area contributed by atoms with Gasteiger partial charge in [0.25, 0.3) is 0 Å². The second-order valence-electron chi connectivity index (χ2n) is 5.89. The zero-order valence-corrected chi connectivity index (χ0v) is 15.1. The number of hydrogen-bond acceptors (Lipinski definition) is 4. The summed E-state index contributed by atoms with van der Waals surface area (Å²) >= 11 is 0. The molecule has 0 aliphatic rings. The molecule has 0 N–H and O–H groups in total. The monoisotopic (exact) mass is 341 g/mol. The van der Waals surface area contributed by atoms with Gasteiger partial charge in [0.2, 0.25) is 0 Å². The second-order valence-corrected chi connectivity index (χ2v) is 5.89. The zero-order valence-electron chi connectivity index (χ0n) is 15.1. The fraction of sp³-hybridized carbons (Fsp3) is 0.381. The molecule has 0 atom stereocenters. The van der Waals surface area contributed by atoms with Crippen molar-refractivity contribution < 1.29 is 14.3 Å². The Labute approximate surface area is 150 Å². The van der Waals surface area contributed by atoms with Gasteiger partial charge in [0, 0.05) is 6.54 Å². The summed E-state index contributed by atoms with van der Waals surface area (Å²) in [4.78, 5) is 14.3. The molecule has 2 aromatic rings. The van der Waals surface area contributed by atoms with Crippen LogP contribution in [0.4, 0.5) is 0 Å². The Kier molecular flexibility index (Phi) is 7.99. The van der Waals surface area contributed by atoms with E-state index >= 15 is 0 Å². The minimum absolute atomic E-state index is 0.266. The number of rotatable bonds is 10. The zero-order chi connectivity index (χ0) is 17.9. The van der Waals surface area contributed by atoms with Crippen molar-refractivity contribution in [2.75, 3.05) is 26.2 Å². The molecule has 2 aromatic carbocycles. The molecule has 0 radical (unpaired) electrons. The molecular weight excluding hydrogens is 314 g/mol. The van der Waals surface area contributed by atoms with Crippen molar-refractivity contribution in [3.63, 3.8) is 0 Å². The summed E-state index contributed by atoms with van der Waals surface area (Å²) in [6.45, 7) is 8.04.